The average Bonchev–Trinajstić information content (AvgIpc) is 2.32. The smallest absolute Gasteiger partial charge is 1.00 e. The van der Waals surface area contributed by atoms with Crippen LogP contribution in [0.15, 0.2) is 21.5 Å². The van der Waals surface area contributed by atoms with E-state index >= 15 is 0 Å². The number of allylic oxidation sites excluding steroid dienone is 4. The van der Waals surface area contributed by atoms with Gasteiger partial charge in [-0.15, -0.1) is 0 Å². The fraction of sp³-hybridized carbons (Fsp3) is 0.500. The van der Waals surface area contributed by atoms with Crippen molar-refractivity contribution in [3.63, 3.8) is 0 Å². The van der Waals surface area contributed by atoms with E-state index in [1.54, 1.807) is 3.28 Å². The van der Waals surface area contributed by atoms with Crippen LogP contribution in [0.4, 0.5) is 0 Å². The van der Waals surface area contributed by atoms with E-state index in [0.717, 1.165) is 6.42 Å². The normalized spacial score (nSPS) is 13.9. The first-order valence-electron chi connectivity index (χ1n) is 3.88. The molecule has 0 radical (unpaired) electrons. The van der Waals surface area contributed by atoms with Gasteiger partial charge in [0.1, 0.15) is 0 Å². The summed E-state index contributed by atoms with van der Waals surface area (Å²) >= 11 is -0.623. The Balaban J connectivity index is 0. The molecule has 1 aliphatic carbocycles. The standard InChI is InChI=1S/C5H5.C3H9OSi.2ClH.Zr/c1-2-4-5-3-1;1-5(2,3)4;;;/h1-3H,4H2;1-3H3;2*1H;/q;-1;;;+3/p-2. The number of hydrogen-bond acceptors (Lipinski definition) is 1. The van der Waals surface area contributed by atoms with Crippen LogP contribution in [-0.4, -0.2) is 8.32 Å². The van der Waals surface area contributed by atoms with Gasteiger partial charge in [0.15, 0.2) is 0 Å². The molecule has 0 fully saturated rings. The first-order chi connectivity index (χ1) is 5.08. The van der Waals surface area contributed by atoms with Gasteiger partial charge in [0.05, 0.1) is 0 Å². The molecule has 0 bridgehead atoms. The van der Waals surface area contributed by atoms with Crippen LogP contribution in [0.2, 0.25) is 19.6 Å². The summed E-state index contributed by atoms with van der Waals surface area (Å²) in [4.78, 5) is 0. The summed E-state index contributed by atoms with van der Waals surface area (Å²) in [5, 5.41) is 0. The molecule has 0 unspecified atom stereocenters. The summed E-state index contributed by atoms with van der Waals surface area (Å²) < 4.78 is 7.49. The second-order valence-corrected chi connectivity index (χ2v) is 11.7. The van der Waals surface area contributed by atoms with Crippen LogP contribution in [0.5, 0.6) is 0 Å². The minimum Gasteiger partial charge on any atom is -1.00 e. The van der Waals surface area contributed by atoms with Crippen LogP contribution in [0, 0.1) is 0 Å². The molecule has 1 nitrogen and oxygen atoms in total. The van der Waals surface area contributed by atoms with Gasteiger partial charge in [0.25, 0.3) is 0 Å². The summed E-state index contributed by atoms with van der Waals surface area (Å²) in [6.45, 7) is 6.78. The SMILES string of the molecule is C[Si](C)(C)[O][Zr+2][C]1=CC=CC1.[Cl-].[Cl-]. The maximum Gasteiger partial charge on any atom is -1.00 e. The number of hydrogen-bond donors (Lipinski definition) is 0. The largest absolute Gasteiger partial charge is 1.00 e. The molecule has 0 aromatic heterocycles. The van der Waals surface area contributed by atoms with Crippen molar-refractivity contribution >= 4 is 8.32 Å². The van der Waals surface area contributed by atoms with Crippen LogP contribution in [0.25, 0.3) is 0 Å². The van der Waals surface area contributed by atoms with Crippen LogP contribution >= 0.6 is 0 Å². The van der Waals surface area contributed by atoms with E-state index in [4.69, 9.17) is 2.50 Å². The molecule has 0 N–H and O–H groups in total. The predicted molar refractivity (Wildman–Crippen MR) is 46.3 cm³/mol. The van der Waals surface area contributed by atoms with Gasteiger partial charge >= 0.3 is 82.1 Å². The van der Waals surface area contributed by atoms with Crippen molar-refractivity contribution in [3.05, 3.63) is 21.5 Å². The summed E-state index contributed by atoms with van der Waals surface area (Å²) in [5.41, 5.74) is 0. The van der Waals surface area contributed by atoms with Gasteiger partial charge < -0.3 is 24.8 Å². The maximum absolute atomic E-state index is 5.91. The van der Waals surface area contributed by atoms with E-state index in [9.17, 15) is 0 Å². The molecule has 1 aliphatic rings. The Morgan fingerprint density at radius 1 is 1.31 bits per heavy atom. The van der Waals surface area contributed by atoms with Crippen molar-refractivity contribution < 1.29 is 51.0 Å². The Labute approximate surface area is 106 Å². The summed E-state index contributed by atoms with van der Waals surface area (Å²) in [6.07, 6.45) is 7.75. The van der Waals surface area contributed by atoms with Crippen molar-refractivity contribution in [1.82, 2.24) is 0 Å². The second kappa shape index (κ2) is 7.42. The van der Waals surface area contributed by atoms with Gasteiger partial charge in [-0.05, 0) is 0 Å². The van der Waals surface area contributed by atoms with E-state index in [0.29, 0.717) is 0 Å². The van der Waals surface area contributed by atoms with Gasteiger partial charge in [-0.2, -0.15) is 0 Å². The Hall–Kier alpha value is 1.12. The zero-order valence-corrected chi connectivity index (χ0v) is 13.1. The first kappa shape index (κ1) is 16.5. The van der Waals surface area contributed by atoms with Crippen molar-refractivity contribution in [1.29, 1.82) is 0 Å². The third-order valence-electron chi connectivity index (χ3n) is 1.26. The third-order valence-corrected chi connectivity index (χ3v) is 8.80. The molecule has 0 saturated carbocycles. The second-order valence-electron chi connectivity index (χ2n) is 3.64. The Morgan fingerprint density at radius 2 is 1.92 bits per heavy atom. The molecule has 13 heavy (non-hydrogen) atoms. The van der Waals surface area contributed by atoms with Crippen LogP contribution < -0.4 is 24.8 Å². The van der Waals surface area contributed by atoms with Crippen molar-refractivity contribution in [2.24, 2.45) is 0 Å². The average molecular weight is 316 g/mol. The van der Waals surface area contributed by atoms with E-state index in [1.807, 2.05) is 0 Å². The molecule has 0 amide bonds. The van der Waals surface area contributed by atoms with Gasteiger partial charge in [0.2, 0.25) is 0 Å². The van der Waals surface area contributed by atoms with Gasteiger partial charge in [-0.1, -0.05) is 0 Å². The molecule has 0 saturated heterocycles. The van der Waals surface area contributed by atoms with Crippen molar-refractivity contribution in [2.45, 2.75) is 26.1 Å². The van der Waals surface area contributed by atoms with E-state index in [2.05, 4.69) is 37.9 Å². The number of rotatable bonds is 3. The van der Waals surface area contributed by atoms with E-state index < -0.39 is 32.0 Å². The molecule has 0 aromatic carbocycles. The van der Waals surface area contributed by atoms with E-state index in [-0.39, 0.29) is 24.8 Å². The van der Waals surface area contributed by atoms with E-state index in [1.165, 1.54) is 0 Å². The molecule has 0 aliphatic heterocycles. The molecule has 74 valence electrons. The predicted octanol–water partition coefficient (Wildman–Crippen LogP) is -3.31. The van der Waals surface area contributed by atoms with Crippen molar-refractivity contribution in [2.75, 3.05) is 0 Å². The molecular weight excluding hydrogens is 302 g/mol. The molecule has 0 heterocycles. The summed E-state index contributed by atoms with van der Waals surface area (Å²) in [7, 11) is -1.22. The molecular formula is C8H14Cl2OSiZr. The minimum atomic E-state index is -1.22. The Morgan fingerprint density at radius 3 is 2.31 bits per heavy atom. The zero-order valence-electron chi connectivity index (χ0n) is 8.10. The van der Waals surface area contributed by atoms with Crippen molar-refractivity contribution in [3.8, 4) is 0 Å². The molecule has 0 atom stereocenters. The maximum atomic E-state index is 5.91. The van der Waals surface area contributed by atoms with Gasteiger partial charge in [-0.3, -0.25) is 0 Å². The fourth-order valence-corrected chi connectivity index (χ4v) is 5.30. The van der Waals surface area contributed by atoms with Crippen LogP contribution in [0.1, 0.15) is 6.42 Å². The Bertz CT molecular complexity index is 199. The third kappa shape index (κ3) is 8.14. The molecule has 5 heteroatoms. The molecule has 0 spiro atoms. The quantitative estimate of drug-likeness (QED) is 0.496. The fourth-order valence-electron chi connectivity index (χ4n) is 0.742. The van der Waals surface area contributed by atoms with Gasteiger partial charge in [0, 0.05) is 0 Å². The van der Waals surface area contributed by atoms with Gasteiger partial charge in [-0.25, -0.2) is 0 Å². The van der Waals surface area contributed by atoms with Crippen LogP contribution in [-0.2, 0) is 26.2 Å². The summed E-state index contributed by atoms with van der Waals surface area (Å²) in [6, 6.07) is 0. The number of halogens is 2. The minimum absolute atomic E-state index is 0. The monoisotopic (exact) mass is 314 g/mol. The topological polar surface area (TPSA) is 9.23 Å². The first-order valence-corrected chi connectivity index (χ1v) is 9.52. The zero-order chi connectivity index (χ0) is 8.32. The Kier molecular flexibility index (Phi) is 9.44. The van der Waals surface area contributed by atoms with Crippen LogP contribution in [0.3, 0.4) is 0 Å². The molecule has 1 rings (SSSR count). The summed E-state index contributed by atoms with van der Waals surface area (Å²) in [5.74, 6) is 0. The molecule has 0 aromatic rings.